The summed E-state index contributed by atoms with van der Waals surface area (Å²) in [6, 6.07) is 15.4. The van der Waals surface area contributed by atoms with Crippen molar-refractivity contribution >= 4 is 56.2 Å². The highest BCUT2D eigenvalue weighted by atomic mass is 35.5. The number of nitrogens with zero attached hydrogens (tertiary/aromatic N) is 2. The largest absolute Gasteiger partial charge is 0.497 e. The number of thiophene rings is 1. The molecule has 1 aliphatic rings. The standard InChI is InChI=1S/C23H21N3O2S2.ClH/c1-26-12-11-16-19(13-26)30-23(25-21(27)14-7-9-15(28-2)10-8-14)20(16)22-24-17-5-3-4-6-18(17)29-22;/h3-10H,11-13H2,1-2H3,(H,25,27);1H. The average molecular weight is 472 g/mol. The molecule has 0 bridgehead atoms. The Morgan fingerprint density at radius 3 is 2.65 bits per heavy atom. The summed E-state index contributed by atoms with van der Waals surface area (Å²) >= 11 is 3.35. The van der Waals surface area contributed by atoms with Crippen LogP contribution < -0.4 is 10.1 Å². The van der Waals surface area contributed by atoms with Crippen LogP contribution in [0.25, 0.3) is 20.8 Å². The van der Waals surface area contributed by atoms with Crippen molar-refractivity contribution in [2.24, 2.45) is 0 Å². The minimum Gasteiger partial charge on any atom is -0.497 e. The third-order valence-corrected chi connectivity index (χ3v) is 7.52. The van der Waals surface area contributed by atoms with Crippen LogP contribution in [0.4, 0.5) is 5.00 Å². The fourth-order valence-electron chi connectivity index (χ4n) is 3.74. The molecule has 0 saturated heterocycles. The lowest BCUT2D eigenvalue weighted by molar-refractivity contribution is 0.102. The summed E-state index contributed by atoms with van der Waals surface area (Å²) in [5.74, 6) is 0.614. The number of hydrogen-bond donors (Lipinski definition) is 1. The summed E-state index contributed by atoms with van der Waals surface area (Å²) in [7, 11) is 3.75. The van der Waals surface area contributed by atoms with E-state index in [1.165, 1.54) is 10.4 Å². The van der Waals surface area contributed by atoms with E-state index in [2.05, 4.69) is 23.3 Å². The third kappa shape index (κ3) is 4.19. The number of halogens is 1. The van der Waals surface area contributed by atoms with E-state index in [-0.39, 0.29) is 18.3 Å². The van der Waals surface area contributed by atoms with Gasteiger partial charge in [0.1, 0.15) is 15.8 Å². The van der Waals surface area contributed by atoms with Crippen molar-refractivity contribution in [1.82, 2.24) is 9.88 Å². The first kappa shape index (κ1) is 21.8. The van der Waals surface area contributed by atoms with Gasteiger partial charge in [0.15, 0.2) is 0 Å². The molecule has 8 heteroatoms. The zero-order valence-electron chi connectivity index (χ0n) is 17.2. The smallest absolute Gasteiger partial charge is 0.256 e. The van der Waals surface area contributed by atoms with Gasteiger partial charge < -0.3 is 15.0 Å². The molecule has 31 heavy (non-hydrogen) atoms. The normalized spacial score (nSPS) is 13.5. The van der Waals surface area contributed by atoms with Crippen LogP contribution in [-0.2, 0) is 13.0 Å². The molecule has 0 saturated carbocycles. The molecule has 1 N–H and O–H groups in total. The maximum absolute atomic E-state index is 13.0. The molecular formula is C23H22ClN3O2S2. The van der Waals surface area contributed by atoms with Crippen LogP contribution in [0.5, 0.6) is 5.75 Å². The number of carbonyl (C=O) groups is 1. The number of ether oxygens (including phenoxy) is 1. The first-order valence-corrected chi connectivity index (χ1v) is 11.4. The second kappa shape index (κ2) is 8.96. The van der Waals surface area contributed by atoms with E-state index in [4.69, 9.17) is 9.72 Å². The van der Waals surface area contributed by atoms with E-state index in [9.17, 15) is 4.79 Å². The monoisotopic (exact) mass is 471 g/mol. The Kier molecular flexibility index (Phi) is 6.29. The van der Waals surface area contributed by atoms with Crippen LogP contribution in [0.1, 0.15) is 20.8 Å². The Hall–Kier alpha value is -2.45. The van der Waals surface area contributed by atoms with E-state index in [0.29, 0.717) is 5.56 Å². The van der Waals surface area contributed by atoms with E-state index in [1.54, 1.807) is 54.0 Å². The molecule has 0 fully saturated rings. The van der Waals surface area contributed by atoms with Crippen molar-refractivity contribution in [3.63, 3.8) is 0 Å². The molecule has 5 rings (SSSR count). The molecule has 0 aliphatic carbocycles. The van der Waals surface area contributed by atoms with Crippen LogP contribution in [0, 0.1) is 0 Å². The topological polar surface area (TPSA) is 54.5 Å². The Bertz CT molecular complexity index is 1200. The highest BCUT2D eigenvalue weighted by Gasteiger charge is 2.26. The molecule has 160 valence electrons. The number of benzene rings is 2. The summed E-state index contributed by atoms with van der Waals surface area (Å²) in [6.45, 7) is 1.91. The zero-order chi connectivity index (χ0) is 20.7. The molecule has 2 aromatic heterocycles. The average Bonchev–Trinajstić information content (AvgIpc) is 3.33. The maximum atomic E-state index is 13.0. The number of methoxy groups -OCH3 is 1. The number of aromatic nitrogens is 1. The number of hydrogen-bond acceptors (Lipinski definition) is 6. The quantitative estimate of drug-likeness (QED) is 0.415. The molecule has 0 radical (unpaired) electrons. The van der Waals surface area contributed by atoms with Crippen molar-refractivity contribution in [3.8, 4) is 16.3 Å². The fraction of sp³-hybridized carbons (Fsp3) is 0.217. The second-order valence-electron chi connectivity index (χ2n) is 7.37. The van der Waals surface area contributed by atoms with Crippen LogP contribution in [0.2, 0.25) is 0 Å². The van der Waals surface area contributed by atoms with Crippen LogP contribution in [-0.4, -0.2) is 36.5 Å². The van der Waals surface area contributed by atoms with Gasteiger partial charge >= 0.3 is 0 Å². The van der Waals surface area contributed by atoms with Gasteiger partial charge in [-0.25, -0.2) is 4.98 Å². The summed E-state index contributed by atoms with van der Waals surface area (Å²) in [6.07, 6.45) is 0.964. The first-order chi connectivity index (χ1) is 14.6. The molecule has 1 amide bonds. The molecule has 0 unspecified atom stereocenters. The third-order valence-electron chi connectivity index (χ3n) is 5.33. The highest BCUT2D eigenvalue weighted by Crippen LogP contribution is 2.45. The Balaban J connectivity index is 0.00000231. The van der Waals surface area contributed by atoms with E-state index in [1.807, 2.05) is 18.2 Å². The Morgan fingerprint density at radius 1 is 1.13 bits per heavy atom. The van der Waals surface area contributed by atoms with Gasteiger partial charge in [-0.05, 0) is 55.4 Å². The molecule has 4 aromatic rings. The SMILES string of the molecule is COc1ccc(C(=O)Nc2sc3c(c2-c2nc4ccccc4s2)CCN(C)C3)cc1.Cl. The van der Waals surface area contributed by atoms with Gasteiger partial charge in [-0.2, -0.15) is 0 Å². The van der Waals surface area contributed by atoms with E-state index in [0.717, 1.165) is 51.0 Å². The fourth-order valence-corrected chi connectivity index (χ4v) is 6.18. The number of carbonyl (C=O) groups excluding carboxylic acids is 1. The van der Waals surface area contributed by atoms with Gasteiger partial charge in [-0.15, -0.1) is 35.1 Å². The number of likely N-dealkylation sites (N-methyl/N-ethyl adjacent to an activating group) is 1. The van der Waals surface area contributed by atoms with Crippen molar-refractivity contribution in [3.05, 3.63) is 64.5 Å². The Labute approximate surface area is 195 Å². The lowest BCUT2D eigenvalue weighted by Crippen LogP contribution is -2.25. The number of rotatable bonds is 4. The molecule has 2 aromatic carbocycles. The van der Waals surface area contributed by atoms with Crippen molar-refractivity contribution < 1.29 is 9.53 Å². The van der Waals surface area contributed by atoms with Gasteiger partial charge in [0.25, 0.3) is 5.91 Å². The van der Waals surface area contributed by atoms with Crippen molar-refractivity contribution in [2.75, 3.05) is 26.0 Å². The maximum Gasteiger partial charge on any atom is 0.256 e. The van der Waals surface area contributed by atoms with Gasteiger partial charge in [0, 0.05) is 29.1 Å². The minimum absolute atomic E-state index is 0. The minimum atomic E-state index is -0.119. The van der Waals surface area contributed by atoms with Gasteiger partial charge in [0.05, 0.1) is 17.3 Å². The van der Waals surface area contributed by atoms with Crippen molar-refractivity contribution in [2.45, 2.75) is 13.0 Å². The molecule has 3 heterocycles. The lowest BCUT2D eigenvalue weighted by Gasteiger charge is -2.22. The number of fused-ring (bicyclic) bond motifs is 2. The van der Waals surface area contributed by atoms with Gasteiger partial charge in [0.2, 0.25) is 0 Å². The van der Waals surface area contributed by atoms with Crippen LogP contribution in [0.15, 0.2) is 48.5 Å². The van der Waals surface area contributed by atoms with Gasteiger partial charge in [-0.1, -0.05) is 12.1 Å². The molecule has 0 atom stereocenters. The molecule has 0 spiro atoms. The van der Waals surface area contributed by atoms with E-state index >= 15 is 0 Å². The molecule has 5 nitrogen and oxygen atoms in total. The molecular weight excluding hydrogens is 450 g/mol. The predicted molar refractivity (Wildman–Crippen MR) is 131 cm³/mol. The number of para-hydroxylation sites is 1. The lowest BCUT2D eigenvalue weighted by atomic mass is 10.0. The highest BCUT2D eigenvalue weighted by molar-refractivity contribution is 7.23. The summed E-state index contributed by atoms with van der Waals surface area (Å²) in [5, 5.41) is 5.03. The summed E-state index contributed by atoms with van der Waals surface area (Å²) < 4.78 is 6.36. The van der Waals surface area contributed by atoms with E-state index < -0.39 is 0 Å². The summed E-state index contributed by atoms with van der Waals surface area (Å²) in [4.78, 5) is 21.5. The first-order valence-electron chi connectivity index (χ1n) is 9.77. The second-order valence-corrected chi connectivity index (χ2v) is 9.50. The van der Waals surface area contributed by atoms with Gasteiger partial charge in [-0.3, -0.25) is 4.79 Å². The number of amides is 1. The summed E-state index contributed by atoms with van der Waals surface area (Å²) in [5.41, 5.74) is 4.01. The van der Waals surface area contributed by atoms with Crippen molar-refractivity contribution in [1.29, 1.82) is 0 Å². The van der Waals surface area contributed by atoms with Crippen LogP contribution >= 0.6 is 35.1 Å². The predicted octanol–water partition coefficient (Wildman–Crippen LogP) is 5.70. The zero-order valence-corrected chi connectivity index (χ0v) is 19.6. The molecule has 1 aliphatic heterocycles. The number of anilines is 1. The van der Waals surface area contributed by atoms with Crippen LogP contribution in [0.3, 0.4) is 0 Å². The number of thiazole rings is 1. The Morgan fingerprint density at radius 2 is 1.90 bits per heavy atom. The number of nitrogens with one attached hydrogen (secondary N) is 1.